The van der Waals surface area contributed by atoms with Crippen molar-refractivity contribution in [1.29, 1.82) is 0 Å². The van der Waals surface area contributed by atoms with Crippen molar-refractivity contribution in [2.24, 2.45) is 0 Å². The molecule has 2 N–H and O–H groups in total. The summed E-state index contributed by atoms with van der Waals surface area (Å²) >= 11 is 0. The van der Waals surface area contributed by atoms with Gasteiger partial charge >= 0.3 is 6.11 Å². The molecule has 1 aliphatic rings. The number of carbonyl (C=O) groups is 1. The number of alkyl halides is 2. The number of nitrogens with one attached hydrogen (secondary N) is 2. The van der Waals surface area contributed by atoms with Gasteiger partial charge in [0.1, 0.15) is 5.75 Å². The summed E-state index contributed by atoms with van der Waals surface area (Å²) in [6, 6.07) is 13.5. The van der Waals surface area contributed by atoms with Crippen LogP contribution in [0.25, 0.3) is 5.70 Å². The van der Waals surface area contributed by atoms with Gasteiger partial charge in [0.25, 0.3) is 0 Å². The Morgan fingerprint density at radius 2 is 1.83 bits per heavy atom. The third-order valence-electron chi connectivity index (χ3n) is 5.69. The first-order valence-corrected chi connectivity index (χ1v) is 12.0. The number of Topliss-reactive ketones (excluding diaryl/α,β-unsaturated/α-hetero) is 1. The number of halogens is 2. The maximum absolute atomic E-state index is 13.3. The normalized spacial score (nSPS) is 17.8. The lowest BCUT2D eigenvalue weighted by Crippen LogP contribution is -2.39. The Bertz CT molecular complexity index is 1030. The van der Waals surface area contributed by atoms with Gasteiger partial charge in [-0.2, -0.15) is 8.78 Å². The van der Waals surface area contributed by atoms with E-state index in [4.69, 9.17) is 9.47 Å². The molecule has 8 heteroatoms. The monoisotopic (exact) mass is 500 g/mol. The molecule has 3 rings (SSSR count). The van der Waals surface area contributed by atoms with Gasteiger partial charge in [0.05, 0.1) is 31.6 Å². The average Bonchev–Trinajstić information content (AvgIpc) is 2.84. The van der Waals surface area contributed by atoms with Crippen LogP contribution < -0.4 is 15.4 Å². The average molecular weight is 501 g/mol. The van der Waals surface area contributed by atoms with Gasteiger partial charge in [-0.05, 0) is 42.5 Å². The molecule has 2 aromatic carbocycles. The van der Waals surface area contributed by atoms with Crippen molar-refractivity contribution in [2.75, 3.05) is 19.8 Å². The zero-order valence-electron chi connectivity index (χ0n) is 20.7. The molecular weight excluding hydrogens is 466 g/mol. The number of carbonyl (C=O) groups excluding carboxylic acids is 1. The highest BCUT2D eigenvalue weighted by Crippen LogP contribution is 2.22. The maximum atomic E-state index is 13.3. The molecular formula is C28H34F2N2O4. The molecule has 1 aliphatic heterocycles. The summed E-state index contributed by atoms with van der Waals surface area (Å²) in [5, 5.41) is 6.36. The first-order chi connectivity index (χ1) is 17.2. The molecule has 0 spiro atoms. The lowest BCUT2D eigenvalue weighted by Gasteiger charge is -2.23. The van der Waals surface area contributed by atoms with E-state index in [1.165, 1.54) is 12.1 Å². The SMILES string of the molecule is C=C(NCc1ccc(OC(C)(F)F)cc1)C(=O)C1CCCCOCCOCc2ccccc2C(=C)N1. The van der Waals surface area contributed by atoms with Gasteiger partial charge in [0.2, 0.25) is 0 Å². The van der Waals surface area contributed by atoms with E-state index < -0.39 is 12.2 Å². The summed E-state index contributed by atoms with van der Waals surface area (Å²) in [5.41, 5.74) is 3.58. The second-order valence-corrected chi connectivity index (χ2v) is 8.74. The molecule has 194 valence electrons. The lowest BCUT2D eigenvalue weighted by atomic mass is 10.0. The van der Waals surface area contributed by atoms with Gasteiger partial charge in [-0.25, -0.2) is 0 Å². The highest BCUT2D eigenvalue weighted by molar-refractivity contribution is 5.99. The Labute approximate surface area is 211 Å². The minimum atomic E-state index is -3.25. The van der Waals surface area contributed by atoms with Crippen LogP contribution in [0.3, 0.4) is 0 Å². The van der Waals surface area contributed by atoms with Crippen LogP contribution in [0.1, 0.15) is 42.9 Å². The third kappa shape index (κ3) is 8.77. The highest BCUT2D eigenvalue weighted by atomic mass is 19.3. The quantitative estimate of drug-likeness (QED) is 0.510. The molecule has 0 aliphatic carbocycles. The van der Waals surface area contributed by atoms with E-state index in [0.717, 1.165) is 29.5 Å². The lowest BCUT2D eigenvalue weighted by molar-refractivity contribution is -0.158. The summed E-state index contributed by atoms with van der Waals surface area (Å²) in [5.74, 6) is -0.0956. The molecule has 1 heterocycles. The summed E-state index contributed by atoms with van der Waals surface area (Å²) in [6.45, 7) is 11.2. The first kappa shape index (κ1) is 27.4. The molecule has 0 bridgehead atoms. The van der Waals surface area contributed by atoms with Crippen molar-refractivity contribution < 1.29 is 27.8 Å². The Kier molecular flexibility index (Phi) is 10.0. The highest BCUT2D eigenvalue weighted by Gasteiger charge is 2.24. The van der Waals surface area contributed by atoms with Crippen molar-refractivity contribution in [1.82, 2.24) is 10.6 Å². The fraction of sp³-hybridized carbons (Fsp3) is 0.393. The van der Waals surface area contributed by atoms with E-state index in [1.54, 1.807) is 12.1 Å². The predicted molar refractivity (Wildman–Crippen MR) is 135 cm³/mol. The topological polar surface area (TPSA) is 68.8 Å². The number of hydrogen-bond donors (Lipinski definition) is 2. The zero-order valence-corrected chi connectivity index (χ0v) is 20.7. The van der Waals surface area contributed by atoms with Crippen molar-refractivity contribution >= 4 is 11.5 Å². The number of ether oxygens (including phenoxy) is 3. The summed E-state index contributed by atoms with van der Waals surface area (Å²) in [6.07, 6.45) is -1.05. The van der Waals surface area contributed by atoms with Gasteiger partial charge in [-0.1, -0.05) is 49.6 Å². The van der Waals surface area contributed by atoms with Crippen LogP contribution in [-0.2, 0) is 27.4 Å². The molecule has 0 radical (unpaired) electrons. The third-order valence-corrected chi connectivity index (χ3v) is 5.69. The van der Waals surface area contributed by atoms with Crippen molar-refractivity contribution in [3.63, 3.8) is 0 Å². The smallest absolute Gasteiger partial charge is 0.394 e. The van der Waals surface area contributed by atoms with Gasteiger partial charge in [-0.15, -0.1) is 0 Å². The van der Waals surface area contributed by atoms with Crippen LogP contribution in [0.5, 0.6) is 5.75 Å². The van der Waals surface area contributed by atoms with Crippen molar-refractivity contribution in [2.45, 2.75) is 51.5 Å². The number of rotatable bonds is 7. The zero-order chi connectivity index (χ0) is 26.0. The van der Waals surface area contributed by atoms with Gasteiger partial charge in [0, 0.05) is 31.3 Å². The number of fused-ring (bicyclic) bond motifs is 1. The molecule has 2 aromatic rings. The van der Waals surface area contributed by atoms with Gasteiger partial charge in [-0.3, -0.25) is 4.79 Å². The summed E-state index contributed by atoms with van der Waals surface area (Å²) < 4.78 is 41.9. The standard InChI is InChI=1S/C28H34F2N2O4/c1-20-25-9-5-4-8-23(25)19-35-17-16-34-15-7-6-10-26(32-20)27(33)21(2)31-18-22-11-13-24(14-12-22)36-28(3,29)30/h4-5,8-9,11-14,26,31-32H,1-2,6-7,10,15-19H2,3H3. The summed E-state index contributed by atoms with van der Waals surface area (Å²) in [4.78, 5) is 13.3. The van der Waals surface area contributed by atoms with Crippen LogP contribution in [-0.4, -0.2) is 37.8 Å². The van der Waals surface area contributed by atoms with Crippen LogP contribution in [0.2, 0.25) is 0 Å². The molecule has 0 amide bonds. The van der Waals surface area contributed by atoms with Crippen molar-refractivity contribution in [3.8, 4) is 5.75 Å². The van der Waals surface area contributed by atoms with Gasteiger partial charge in [0.15, 0.2) is 5.78 Å². The molecule has 0 saturated carbocycles. The maximum Gasteiger partial charge on any atom is 0.394 e. The Morgan fingerprint density at radius 3 is 2.58 bits per heavy atom. The van der Waals surface area contributed by atoms with E-state index >= 15 is 0 Å². The minimum absolute atomic E-state index is 0.0678. The predicted octanol–water partition coefficient (Wildman–Crippen LogP) is 5.20. The molecule has 1 unspecified atom stereocenters. The molecule has 0 saturated heterocycles. The molecule has 36 heavy (non-hydrogen) atoms. The van der Waals surface area contributed by atoms with Gasteiger partial charge < -0.3 is 24.8 Å². The van der Waals surface area contributed by atoms with E-state index in [0.29, 0.717) is 52.0 Å². The second kappa shape index (κ2) is 13.2. The van der Waals surface area contributed by atoms with Crippen LogP contribution in [0.4, 0.5) is 8.78 Å². The minimum Gasteiger partial charge on any atom is -0.433 e. The number of ketones is 1. The summed E-state index contributed by atoms with van der Waals surface area (Å²) in [7, 11) is 0. The second-order valence-electron chi connectivity index (χ2n) is 8.74. The molecule has 0 aromatic heterocycles. The Hall–Kier alpha value is -3.23. The Balaban J connectivity index is 1.65. The van der Waals surface area contributed by atoms with E-state index in [2.05, 4.69) is 28.5 Å². The van der Waals surface area contributed by atoms with Crippen LogP contribution in [0, 0.1) is 0 Å². The number of hydrogen-bond acceptors (Lipinski definition) is 6. The van der Waals surface area contributed by atoms with E-state index in [1.807, 2.05) is 24.3 Å². The molecule has 1 atom stereocenters. The fourth-order valence-corrected chi connectivity index (χ4v) is 3.84. The van der Waals surface area contributed by atoms with E-state index in [9.17, 15) is 13.6 Å². The van der Waals surface area contributed by atoms with E-state index in [-0.39, 0.29) is 17.2 Å². The first-order valence-electron chi connectivity index (χ1n) is 12.0. The van der Waals surface area contributed by atoms with Crippen LogP contribution in [0.15, 0.2) is 67.4 Å². The largest absolute Gasteiger partial charge is 0.433 e. The number of benzene rings is 2. The van der Waals surface area contributed by atoms with Crippen LogP contribution >= 0.6 is 0 Å². The Morgan fingerprint density at radius 1 is 1.11 bits per heavy atom. The van der Waals surface area contributed by atoms with Crippen molar-refractivity contribution in [3.05, 3.63) is 84.1 Å². The molecule has 6 nitrogen and oxygen atoms in total. The fourth-order valence-electron chi connectivity index (χ4n) is 3.84. The molecule has 0 fully saturated rings.